The van der Waals surface area contributed by atoms with Gasteiger partial charge in [0.15, 0.2) is 11.2 Å². The molecule has 12 heteroatoms. The molecule has 2 aromatic carbocycles. The average molecular weight is 512 g/mol. The van der Waals surface area contributed by atoms with Crippen LogP contribution in [0.25, 0.3) is 11.2 Å². The van der Waals surface area contributed by atoms with Crippen molar-refractivity contribution in [2.45, 2.75) is 12.6 Å². The molecule has 3 N–H and O–H groups in total. The minimum absolute atomic E-state index is 0.0409. The highest BCUT2D eigenvalue weighted by Gasteiger charge is 2.20. The quantitative estimate of drug-likeness (QED) is 0.231. The summed E-state index contributed by atoms with van der Waals surface area (Å²) in [6, 6.07) is 14.5. The number of ether oxygens (including phenoxy) is 1. The number of aromatic amines is 1. The van der Waals surface area contributed by atoms with Crippen molar-refractivity contribution >= 4 is 40.6 Å². The van der Waals surface area contributed by atoms with Crippen LogP contribution in [0.5, 0.6) is 5.75 Å². The number of aliphatic hydroxyl groups excluding tert-OH is 1. The van der Waals surface area contributed by atoms with Crippen LogP contribution in [-0.2, 0) is 13.6 Å². The van der Waals surface area contributed by atoms with E-state index in [1.165, 1.54) is 16.2 Å². The maximum absolute atomic E-state index is 12.6. The highest BCUT2D eigenvalue weighted by atomic mass is 35.5. The first-order chi connectivity index (χ1) is 17.2. The van der Waals surface area contributed by atoms with Gasteiger partial charge in [-0.1, -0.05) is 23.7 Å². The molecule has 0 aliphatic carbocycles. The van der Waals surface area contributed by atoms with Gasteiger partial charge in [-0.05, 0) is 42.0 Å². The molecule has 36 heavy (non-hydrogen) atoms. The van der Waals surface area contributed by atoms with Crippen molar-refractivity contribution in [1.29, 1.82) is 0 Å². The molecule has 2 heterocycles. The molecule has 2 aromatic heterocycles. The molecule has 4 rings (SSSR count). The lowest BCUT2D eigenvalue weighted by molar-refractivity contribution is 0.0938. The SMILES string of the molecule is CN(C)c1ccc(/C=N/Nc2nc3c(c(=O)[nH]c(=O)n3C)n2C[C@H](O)COc2ccc(Cl)cc2)cc1. The summed E-state index contributed by atoms with van der Waals surface area (Å²) in [4.78, 5) is 33.4. The van der Waals surface area contributed by atoms with E-state index in [0.29, 0.717) is 10.8 Å². The van der Waals surface area contributed by atoms with Crippen LogP contribution in [0.1, 0.15) is 5.56 Å². The van der Waals surface area contributed by atoms with Crippen molar-refractivity contribution in [3.05, 3.63) is 80.0 Å². The number of H-pyrrole nitrogens is 1. The van der Waals surface area contributed by atoms with Crippen molar-refractivity contribution < 1.29 is 9.84 Å². The molecular formula is C24H26ClN7O4. The van der Waals surface area contributed by atoms with E-state index >= 15 is 0 Å². The molecule has 0 fully saturated rings. The lowest BCUT2D eigenvalue weighted by Gasteiger charge is -2.15. The lowest BCUT2D eigenvalue weighted by atomic mass is 10.2. The minimum Gasteiger partial charge on any atom is -0.491 e. The number of imidazole rings is 1. The number of aromatic nitrogens is 4. The van der Waals surface area contributed by atoms with Gasteiger partial charge in [0.25, 0.3) is 5.56 Å². The Morgan fingerprint density at radius 3 is 2.56 bits per heavy atom. The number of aryl methyl sites for hydroxylation is 1. The summed E-state index contributed by atoms with van der Waals surface area (Å²) in [5, 5.41) is 15.5. The van der Waals surface area contributed by atoms with Gasteiger partial charge in [-0.2, -0.15) is 10.1 Å². The van der Waals surface area contributed by atoms with Crippen molar-refractivity contribution in [3.63, 3.8) is 0 Å². The number of benzene rings is 2. The largest absolute Gasteiger partial charge is 0.491 e. The van der Waals surface area contributed by atoms with E-state index in [4.69, 9.17) is 16.3 Å². The van der Waals surface area contributed by atoms with Crippen LogP contribution < -0.4 is 26.3 Å². The first kappa shape index (κ1) is 25.0. The predicted molar refractivity (Wildman–Crippen MR) is 141 cm³/mol. The standard InChI is InChI=1S/C24H26ClN7O4/c1-30(2)17-8-4-15(5-9-17)12-26-29-23-27-21-20(22(34)28-24(35)31(21)3)32(23)13-18(33)14-36-19-10-6-16(25)7-11-19/h4-12,18,33H,13-14H2,1-3H3,(H,27,29)(H,28,34,35)/b26-12+/t18-/m0/s1. The Morgan fingerprint density at radius 1 is 1.19 bits per heavy atom. The van der Waals surface area contributed by atoms with E-state index < -0.39 is 17.4 Å². The van der Waals surface area contributed by atoms with Crippen molar-refractivity contribution in [1.82, 2.24) is 19.1 Å². The fraction of sp³-hybridized carbons (Fsp3) is 0.250. The number of rotatable bonds is 9. The number of hydrogen-bond acceptors (Lipinski definition) is 8. The summed E-state index contributed by atoms with van der Waals surface area (Å²) < 4.78 is 8.31. The number of aliphatic hydroxyl groups is 1. The fourth-order valence-corrected chi connectivity index (χ4v) is 3.63. The Bertz CT molecular complexity index is 1490. The molecule has 1 atom stereocenters. The molecule has 0 saturated carbocycles. The Morgan fingerprint density at radius 2 is 1.89 bits per heavy atom. The summed E-state index contributed by atoms with van der Waals surface area (Å²) in [7, 11) is 5.41. The molecule has 0 amide bonds. The molecule has 0 saturated heterocycles. The van der Waals surface area contributed by atoms with Gasteiger partial charge in [-0.25, -0.2) is 10.2 Å². The predicted octanol–water partition coefficient (Wildman–Crippen LogP) is 2.03. The van der Waals surface area contributed by atoms with Gasteiger partial charge in [-0.15, -0.1) is 0 Å². The van der Waals surface area contributed by atoms with Crippen LogP contribution in [0.3, 0.4) is 0 Å². The van der Waals surface area contributed by atoms with E-state index in [0.717, 1.165) is 11.3 Å². The summed E-state index contributed by atoms with van der Waals surface area (Å²) in [6.45, 7) is -0.0906. The smallest absolute Gasteiger partial charge is 0.329 e. The fourth-order valence-electron chi connectivity index (χ4n) is 3.51. The third-order valence-corrected chi connectivity index (χ3v) is 5.70. The molecule has 11 nitrogen and oxygen atoms in total. The summed E-state index contributed by atoms with van der Waals surface area (Å²) in [6.07, 6.45) is 0.602. The van der Waals surface area contributed by atoms with Gasteiger partial charge < -0.3 is 19.3 Å². The number of nitrogens with zero attached hydrogens (tertiary/aromatic N) is 5. The highest BCUT2D eigenvalue weighted by molar-refractivity contribution is 6.30. The first-order valence-electron chi connectivity index (χ1n) is 11.1. The van der Waals surface area contributed by atoms with Gasteiger partial charge in [0.05, 0.1) is 12.8 Å². The van der Waals surface area contributed by atoms with Gasteiger partial charge in [0.1, 0.15) is 18.5 Å². The normalized spacial score (nSPS) is 12.2. The molecule has 0 spiro atoms. The average Bonchev–Trinajstić information content (AvgIpc) is 3.21. The van der Waals surface area contributed by atoms with Crippen molar-refractivity contribution in [3.8, 4) is 5.75 Å². The maximum atomic E-state index is 12.6. The van der Waals surface area contributed by atoms with Crippen LogP contribution in [0.4, 0.5) is 11.6 Å². The summed E-state index contributed by atoms with van der Waals surface area (Å²) in [5.74, 6) is 0.723. The van der Waals surface area contributed by atoms with E-state index in [-0.39, 0.29) is 30.3 Å². The number of fused-ring (bicyclic) bond motifs is 1. The zero-order valence-electron chi connectivity index (χ0n) is 20.0. The van der Waals surface area contributed by atoms with E-state index in [2.05, 4.69) is 20.5 Å². The van der Waals surface area contributed by atoms with Gasteiger partial charge in [-0.3, -0.25) is 14.3 Å². The van der Waals surface area contributed by atoms with Crippen LogP contribution in [0.2, 0.25) is 5.02 Å². The molecule has 0 bridgehead atoms. The Labute approximate surface area is 211 Å². The first-order valence-corrected chi connectivity index (χ1v) is 11.4. The molecule has 0 unspecified atom stereocenters. The molecule has 4 aromatic rings. The second-order valence-corrected chi connectivity index (χ2v) is 8.75. The van der Waals surface area contributed by atoms with Crippen molar-refractivity contribution in [2.75, 3.05) is 31.0 Å². The number of hydrogen-bond donors (Lipinski definition) is 3. The second-order valence-electron chi connectivity index (χ2n) is 8.31. The monoisotopic (exact) mass is 511 g/mol. The third kappa shape index (κ3) is 5.58. The number of nitrogens with one attached hydrogen (secondary N) is 2. The zero-order chi connectivity index (χ0) is 25.8. The highest BCUT2D eigenvalue weighted by Crippen LogP contribution is 2.18. The lowest BCUT2D eigenvalue weighted by Crippen LogP contribution is -2.30. The molecule has 188 valence electrons. The summed E-state index contributed by atoms with van der Waals surface area (Å²) in [5.41, 5.74) is 3.78. The van der Waals surface area contributed by atoms with Crippen molar-refractivity contribution in [2.24, 2.45) is 12.1 Å². The molecule has 0 aliphatic heterocycles. The third-order valence-electron chi connectivity index (χ3n) is 5.44. The van der Waals surface area contributed by atoms with E-state index in [9.17, 15) is 14.7 Å². The molecule has 0 radical (unpaired) electrons. The summed E-state index contributed by atoms with van der Waals surface area (Å²) >= 11 is 5.89. The second kappa shape index (κ2) is 10.7. The van der Waals surface area contributed by atoms with E-state index in [1.54, 1.807) is 30.5 Å². The molecular weight excluding hydrogens is 486 g/mol. The van der Waals surface area contributed by atoms with E-state index in [1.807, 2.05) is 43.3 Å². The topological polar surface area (TPSA) is 130 Å². The van der Waals surface area contributed by atoms with Crippen LogP contribution >= 0.6 is 11.6 Å². The Kier molecular flexibility index (Phi) is 7.41. The van der Waals surface area contributed by atoms with Crippen LogP contribution in [0.15, 0.2) is 63.2 Å². The van der Waals surface area contributed by atoms with Gasteiger partial charge in [0, 0.05) is 31.9 Å². The number of halogens is 1. The maximum Gasteiger partial charge on any atom is 0.329 e. The van der Waals surface area contributed by atoms with Gasteiger partial charge in [0.2, 0.25) is 5.95 Å². The molecule has 0 aliphatic rings. The minimum atomic E-state index is -1.00. The Hall–Kier alpha value is -4.09. The van der Waals surface area contributed by atoms with Gasteiger partial charge >= 0.3 is 5.69 Å². The number of hydrazone groups is 1. The number of anilines is 2. The zero-order valence-corrected chi connectivity index (χ0v) is 20.7. The van der Waals surface area contributed by atoms with Crippen LogP contribution in [-0.4, -0.2) is 57.2 Å². The van der Waals surface area contributed by atoms with Crippen LogP contribution in [0, 0.1) is 0 Å². The Balaban J connectivity index is 1.58.